The van der Waals surface area contributed by atoms with Gasteiger partial charge in [-0.1, -0.05) is 71.2 Å². The van der Waals surface area contributed by atoms with Crippen molar-refractivity contribution in [2.75, 3.05) is 0 Å². The van der Waals surface area contributed by atoms with E-state index in [4.69, 9.17) is 11.6 Å². The molecular weight excluding hydrogens is 264 g/mol. The van der Waals surface area contributed by atoms with Crippen molar-refractivity contribution < 1.29 is 0 Å². The van der Waals surface area contributed by atoms with Gasteiger partial charge in [0, 0.05) is 5.02 Å². The second kappa shape index (κ2) is 8.08. The molecule has 0 amide bonds. The highest BCUT2D eigenvalue weighted by molar-refractivity contribution is 6.30. The Balaban J connectivity index is 0.000000956. The van der Waals surface area contributed by atoms with Gasteiger partial charge in [0.1, 0.15) is 0 Å². The Hall–Kier alpha value is -0.490. The van der Waals surface area contributed by atoms with Gasteiger partial charge in [-0.05, 0) is 54.2 Å². The molecule has 0 saturated heterocycles. The lowest BCUT2D eigenvalue weighted by Crippen LogP contribution is -2.31. The molecule has 1 saturated carbocycles. The van der Waals surface area contributed by atoms with E-state index in [0.717, 1.165) is 16.9 Å². The molecule has 1 aliphatic carbocycles. The molecule has 1 aliphatic rings. The van der Waals surface area contributed by atoms with Crippen LogP contribution in [0, 0.1) is 11.8 Å². The molecule has 114 valence electrons. The van der Waals surface area contributed by atoms with Crippen LogP contribution in [0.4, 0.5) is 0 Å². The molecule has 0 aliphatic heterocycles. The fourth-order valence-corrected chi connectivity index (χ4v) is 3.91. The van der Waals surface area contributed by atoms with Crippen molar-refractivity contribution in [1.82, 2.24) is 0 Å². The molecule has 0 heterocycles. The Morgan fingerprint density at radius 3 is 1.95 bits per heavy atom. The molecule has 0 spiro atoms. The Morgan fingerprint density at radius 1 is 1.00 bits per heavy atom. The topological polar surface area (TPSA) is 0 Å². The van der Waals surface area contributed by atoms with Crippen LogP contribution < -0.4 is 0 Å². The van der Waals surface area contributed by atoms with Gasteiger partial charge in [0.15, 0.2) is 0 Å². The number of benzene rings is 1. The zero-order valence-corrected chi connectivity index (χ0v) is 14.6. The zero-order valence-electron chi connectivity index (χ0n) is 13.9. The summed E-state index contributed by atoms with van der Waals surface area (Å²) in [6.45, 7) is 11.1. The van der Waals surface area contributed by atoms with E-state index < -0.39 is 0 Å². The van der Waals surface area contributed by atoms with Gasteiger partial charge in [-0.3, -0.25) is 0 Å². The van der Waals surface area contributed by atoms with Crippen LogP contribution in [0.1, 0.15) is 72.3 Å². The molecule has 1 fully saturated rings. The second-order valence-electron chi connectivity index (χ2n) is 6.40. The Bertz CT molecular complexity index is 371. The minimum absolute atomic E-state index is 0.412. The quantitative estimate of drug-likeness (QED) is 0.569. The monoisotopic (exact) mass is 294 g/mol. The van der Waals surface area contributed by atoms with E-state index in [2.05, 4.69) is 45.0 Å². The minimum Gasteiger partial charge on any atom is -0.0843 e. The fraction of sp³-hybridized carbons (Fsp3) is 0.684. The summed E-state index contributed by atoms with van der Waals surface area (Å²) < 4.78 is 0. The highest BCUT2D eigenvalue weighted by Gasteiger charge is 2.40. The van der Waals surface area contributed by atoms with Crippen LogP contribution in [-0.2, 0) is 5.41 Å². The molecule has 0 nitrogen and oxygen atoms in total. The van der Waals surface area contributed by atoms with Crippen molar-refractivity contribution in [2.45, 2.75) is 72.1 Å². The molecule has 0 aromatic heterocycles. The third-order valence-corrected chi connectivity index (χ3v) is 4.94. The highest BCUT2D eigenvalue weighted by Crippen LogP contribution is 2.48. The average molecular weight is 295 g/mol. The van der Waals surface area contributed by atoms with Gasteiger partial charge in [0.05, 0.1) is 0 Å². The van der Waals surface area contributed by atoms with Crippen LogP contribution in [0.15, 0.2) is 24.3 Å². The van der Waals surface area contributed by atoms with E-state index in [1.54, 1.807) is 0 Å². The maximum absolute atomic E-state index is 6.03. The molecule has 1 heteroatoms. The summed E-state index contributed by atoms with van der Waals surface area (Å²) in [5.74, 6) is 1.55. The van der Waals surface area contributed by atoms with Crippen molar-refractivity contribution in [1.29, 1.82) is 0 Å². The number of hydrogen-bond acceptors (Lipinski definition) is 0. The molecule has 0 bridgehead atoms. The first-order valence-electron chi connectivity index (χ1n) is 8.30. The molecule has 1 atom stereocenters. The summed E-state index contributed by atoms with van der Waals surface area (Å²) in [7, 11) is 0. The predicted molar refractivity (Wildman–Crippen MR) is 91.6 cm³/mol. The summed E-state index contributed by atoms with van der Waals surface area (Å²) in [5, 5.41) is 0.850. The average Bonchev–Trinajstić information content (AvgIpc) is 2.92. The van der Waals surface area contributed by atoms with Crippen molar-refractivity contribution in [3.05, 3.63) is 34.9 Å². The van der Waals surface area contributed by atoms with Crippen LogP contribution in [-0.4, -0.2) is 0 Å². The summed E-state index contributed by atoms with van der Waals surface area (Å²) in [6.07, 6.45) is 6.78. The summed E-state index contributed by atoms with van der Waals surface area (Å²) >= 11 is 6.03. The first-order valence-corrected chi connectivity index (χ1v) is 8.68. The van der Waals surface area contributed by atoms with Crippen LogP contribution >= 0.6 is 11.6 Å². The summed E-state index contributed by atoms with van der Waals surface area (Å²) in [6, 6.07) is 8.62. The van der Waals surface area contributed by atoms with Gasteiger partial charge in [0.2, 0.25) is 0 Å². The van der Waals surface area contributed by atoms with Gasteiger partial charge in [-0.25, -0.2) is 0 Å². The lowest BCUT2D eigenvalue weighted by molar-refractivity contribution is 0.251. The third kappa shape index (κ3) is 4.01. The van der Waals surface area contributed by atoms with E-state index in [-0.39, 0.29) is 0 Å². The van der Waals surface area contributed by atoms with Gasteiger partial charge < -0.3 is 0 Å². The van der Waals surface area contributed by atoms with Gasteiger partial charge >= 0.3 is 0 Å². The second-order valence-corrected chi connectivity index (χ2v) is 6.84. The Morgan fingerprint density at radius 2 is 1.50 bits per heavy atom. The molecule has 20 heavy (non-hydrogen) atoms. The zero-order chi connectivity index (χ0) is 15.2. The maximum Gasteiger partial charge on any atom is 0.0406 e. The molecule has 1 unspecified atom stereocenters. The number of halogens is 1. The van der Waals surface area contributed by atoms with E-state index in [1.807, 2.05) is 13.8 Å². The molecule has 0 N–H and O–H groups in total. The van der Waals surface area contributed by atoms with E-state index in [0.29, 0.717) is 5.41 Å². The number of rotatable bonds is 4. The molecule has 0 radical (unpaired) electrons. The predicted octanol–water partition coefficient (Wildman–Crippen LogP) is 6.86. The largest absolute Gasteiger partial charge is 0.0843 e. The first kappa shape index (κ1) is 17.6. The van der Waals surface area contributed by atoms with Gasteiger partial charge in [-0.15, -0.1) is 0 Å². The van der Waals surface area contributed by atoms with Gasteiger partial charge in [-0.2, -0.15) is 0 Å². The first-order chi connectivity index (χ1) is 9.54. The highest BCUT2D eigenvalue weighted by atomic mass is 35.5. The van der Waals surface area contributed by atoms with E-state index in [1.165, 1.54) is 37.7 Å². The fourth-order valence-electron chi connectivity index (χ4n) is 3.79. The van der Waals surface area contributed by atoms with Crippen molar-refractivity contribution >= 4 is 11.6 Å². The lowest BCUT2D eigenvalue weighted by Gasteiger charge is -2.37. The smallest absolute Gasteiger partial charge is 0.0406 e. The molecular formula is C19H31Cl. The van der Waals surface area contributed by atoms with Crippen LogP contribution in [0.5, 0.6) is 0 Å². The van der Waals surface area contributed by atoms with Gasteiger partial charge in [0.25, 0.3) is 0 Å². The molecule has 1 aromatic carbocycles. The number of hydrogen-bond donors (Lipinski definition) is 0. The van der Waals surface area contributed by atoms with Crippen molar-refractivity contribution in [3.63, 3.8) is 0 Å². The lowest BCUT2D eigenvalue weighted by atomic mass is 9.67. The molecule has 1 aromatic rings. The van der Waals surface area contributed by atoms with E-state index >= 15 is 0 Å². The normalized spacial score (nSPS) is 18.6. The van der Waals surface area contributed by atoms with E-state index in [9.17, 15) is 0 Å². The van der Waals surface area contributed by atoms with Crippen LogP contribution in [0.2, 0.25) is 5.02 Å². The van der Waals surface area contributed by atoms with Crippen molar-refractivity contribution in [2.24, 2.45) is 11.8 Å². The summed E-state index contributed by atoms with van der Waals surface area (Å²) in [5.41, 5.74) is 1.92. The summed E-state index contributed by atoms with van der Waals surface area (Å²) in [4.78, 5) is 0. The Kier molecular flexibility index (Phi) is 7.09. The van der Waals surface area contributed by atoms with Crippen LogP contribution in [0.25, 0.3) is 0 Å². The Labute approximate surface area is 130 Å². The minimum atomic E-state index is 0.412. The van der Waals surface area contributed by atoms with Crippen LogP contribution in [0.3, 0.4) is 0 Å². The SMILES string of the molecule is CC.CC(C)CC(C)C1(c2ccc(Cl)cc2)CCCC1. The third-order valence-electron chi connectivity index (χ3n) is 4.68. The van der Waals surface area contributed by atoms with Crippen molar-refractivity contribution in [3.8, 4) is 0 Å². The standard InChI is InChI=1S/C17H25Cl.C2H6/c1-13(2)12-14(3)17(10-4-5-11-17)15-6-8-16(18)9-7-15;1-2/h6-9,13-14H,4-5,10-12H2,1-3H3;1-2H3. The maximum atomic E-state index is 6.03. The molecule has 2 rings (SSSR count).